The van der Waals surface area contributed by atoms with Crippen molar-refractivity contribution < 1.29 is 19.4 Å². The first-order valence-corrected chi connectivity index (χ1v) is 9.51. The Morgan fingerprint density at radius 3 is 2.80 bits per heavy atom. The second-order valence-electron chi connectivity index (χ2n) is 7.43. The van der Waals surface area contributed by atoms with Crippen LogP contribution in [0.3, 0.4) is 0 Å². The van der Waals surface area contributed by atoms with Crippen molar-refractivity contribution in [2.24, 2.45) is 11.8 Å². The third-order valence-corrected chi connectivity index (χ3v) is 5.92. The topological polar surface area (TPSA) is 58.6 Å². The zero-order chi connectivity index (χ0) is 17.2. The van der Waals surface area contributed by atoms with Crippen LogP contribution in [-0.2, 0) is 9.53 Å². The molecule has 134 valence electrons. The van der Waals surface area contributed by atoms with Gasteiger partial charge < -0.3 is 19.4 Å². The third-order valence-electron chi connectivity index (χ3n) is 5.92. The van der Waals surface area contributed by atoms with Crippen molar-refractivity contribution in [1.29, 1.82) is 0 Å². The van der Waals surface area contributed by atoms with Gasteiger partial charge in [0.15, 0.2) is 0 Å². The molecule has 1 saturated heterocycles. The minimum Gasteiger partial charge on any atom is -0.546 e. The fraction of sp³-hybridized carbons (Fsp3) is 0.571. The number of hydrogen-bond donors (Lipinski definition) is 0. The Labute approximate surface area is 148 Å². The van der Waals surface area contributed by atoms with Crippen molar-refractivity contribution in [3.05, 3.63) is 41.5 Å². The minimum absolute atomic E-state index is 0.0381. The van der Waals surface area contributed by atoms with Gasteiger partial charge in [-0.15, -0.1) is 0 Å². The first kappa shape index (κ1) is 16.6. The van der Waals surface area contributed by atoms with Gasteiger partial charge in [-0.05, 0) is 38.2 Å². The molecule has 4 nitrogen and oxygen atoms in total. The van der Waals surface area contributed by atoms with Crippen LogP contribution in [0.4, 0.5) is 0 Å². The summed E-state index contributed by atoms with van der Waals surface area (Å²) in [5.74, 6) is 0.369. The summed E-state index contributed by atoms with van der Waals surface area (Å²) in [5.41, 5.74) is 2.56. The van der Waals surface area contributed by atoms with E-state index in [0.29, 0.717) is 17.6 Å². The van der Waals surface area contributed by atoms with Gasteiger partial charge in [0.2, 0.25) is 0 Å². The molecule has 0 spiro atoms. The first-order valence-electron chi connectivity index (χ1n) is 9.51. The van der Waals surface area contributed by atoms with Gasteiger partial charge in [0.25, 0.3) is 0 Å². The summed E-state index contributed by atoms with van der Waals surface area (Å²) in [4.78, 5) is 10.8. The van der Waals surface area contributed by atoms with Crippen LogP contribution in [0.5, 0.6) is 5.75 Å². The molecular weight excluding hydrogens is 316 g/mol. The van der Waals surface area contributed by atoms with Crippen molar-refractivity contribution in [1.82, 2.24) is 0 Å². The van der Waals surface area contributed by atoms with Crippen LogP contribution < -0.4 is 9.84 Å². The molecular formula is C21H25O4-. The summed E-state index contributed by atoms with van der Waals surface area (Å²) in [6.45, 7) is -0.427. The molecule has 0 amide bonds. The van der Waals surface area contributed by atoms with E-state index in [1.54, 1.807) is 5.57 Å². The number of benzene rings is 1. The molecule has 3 aliphatic rings. The molecule has 2 fully saturated rings. The predicted octanol–water partition coefficient (Wildman–Crippen LogP) is 3.17. The maximum Gasteiger partial charge on any atom is 0.128 e. The van der Waals surface area contributed by atoms with Gasteiger partial charge in [0.1, 0.15) is 12.4 Å². The number of carboxylic acid groups (broad SMARTS) is 1. The van der Waals surface area contributed by atoms with Crippen LogP contribution in [0.15, 0.2) is 35.9 Å². The molecule has 4 heteroatoms. The molecule has 1 heterocycles. The Balaban J connectivity index is 1.66. The monoisotopic (exact) mass is 341 g/mol. The van der Waals surface area contributed by atoms with Gasteiger partial charge in [-0.2, -0.15) is 0 Å². The lowest BCUT2D eigenvalue weighted by Gasteiger charge is -2.47. The molecule has 1 saturated carbocycles. The van der Waals surface area contributed by atoms with Gasteiger partial charge in [-0.25, -0.2) is 0 Å². The fourth-order valence-electron chi connectivity index (χ4n) is 4.88. The van der Waals surface area contributed by atoms with E-state index >= 15 is 0 Å². The molecule has 0 bridgehead atoms. The highest BCUT2D eigenvalue weighted by Crippen LogP contribution is 2.52. The van der Waals surface area contributed by atoms with Crippen LogP contribution in [-0.4, -0.2) is 18.7 Å². The second-order valence-corrected chi connectivity index (χ2v) is 7.43. The Hall–Kier alpha value is -1.81. The summed E-state index contributed by atoms with van der Waals surface area (Å²) in [5, 5.41) is 10.8. The van der Waals surface area contributed by atoms with Crippen LogP contribution in [0.1, 0.15) is 56.6 Å². The normalized spacial score (nSPS) is 31.4. The van der Waals surface area contributed by atoms with Crippen LogP contribution >= 0.6 is 0 Å². The molecule has 0 radical (unpaired) electrons. The predicted molar refractivity (Wildman–Crippen MR) is 91.9 cm³/mol. The van der Waals surface area contributed by atoms with Gasteiger partial charge >= 0.3 is 0 Å². The van der Waals surface area contributed by atoms with Gasteiger partial charge in [-0.1, -0.05) is 42.7 Å². The number of rotatable bonds is 4. The Bertz CT molecular complexity index is 666. The lowest BCUT2D eigenvalue weighted by molar-refractivity contribution is -0.307. The standard InChI is InChI=1S/C21H26O4/c22-20(23)13-24-18-11-5-4-10-17(18)21-16-9-2-1-7-14(16)15-8-3-6-12-19(15)25-21/h4-5,7,10-11,15-16,19,21H,1-3,6,8-9,12-13H2,(H,22,23)/p-1/t15-,16+,19+,21+/m1/s1. The molecule has 4 rings (SSSR count). The van der Waals surface area contributed by atoms with E-state index in [4.69, 9.17) is 9.47 Å². The average Bonchev–Trinajstić information content (AvgIpc) is 2.66. The molecule has 4 atom stereocenters. The van der Waals surface area contributed by atoms with E-state index in [-0.39, 0.29) is 12.2 Å². The Morgan fingerprint density at radius 1 is 1.12 bits per heavy atom. The minimum atomic E-state index is -1.20. The van der Waals surface area contributed by atoms with Crippen molar-refractivity contribution in [2.45, 2.75) is 57.2 Å². The van der Waals surface area contributed by atoms with Gasteiger partial charge in [-0.3, -0.25) is 0 Å². The van der Waals surface area contributed by atoms with E-state index in [1.165, 1.54) is 32.1 Å². The third kappa shape index (κ3) is 3.32. The van der Waals surface area contributed by atoms with E-state index < -0.39 is 12.6 Å². The molecule has 1 aliphatic heterocycles. The number of hydrogen-bond acceptors (Lipinski definition) is 4. The highest BCUT2D eigenvalue weighted by molar-refractivity contribution is 5.66. The highest BCUT2D eigenvalue weighted by Gasteiger charge is 2.44. The number of para-hydroxylation sites is 1. The average molecular weight is 341 g/mol. The van der Waals surface area contributed by atoms with E-state index in [2.05, 4.69) is 6.08 Å². The van der Waals surface area contributed by atoms with Crippen molar-refractivity contribution in [3.8, 4) is 5.75 Å². The molecule has 2 aliphatic carbocycles. The zero-order valence-corrected chi connectivity index (χ0v) is 14.5. The van der Waals surface area contributed by atoms with E-state index in [1.807, 2.05) is 24.3 Å². The van der Waals surface area contributed by atoms with Crippen molar-refractivity contribution in [3.63, 3.8) is 0 Å². The fourth-order valence-corrected chi connectivity index (χ4v) is 4.88. The number of ether oxygens (including phenoxy) is 2. The highest BCUT2D eigenvalue weighted by atomic mass is 16.5. The SMILES string of the molecule is O=C([O-])COc1ccccc1[C@H]1O[C@H]2CCCC[C@@H]2C2=CCCC[C@@H]21. The van der Waals surface area contributed by atoms with Gasteiger partial charge in [0, 0.05) is 17.4 Å². The molecule has 1 aromatic rings. The maximum atomic E-state index is 10.8. The summed E-state index contributed by atoms with van der Waals surface area (Å²) in [7, 11) is 0. The summed E-state index contributed by atoms with van der Waals surface area (Å²) in [6.07, 6.45) is 11.1. The number of fused-ring (bicyclic) bond motifs is 3. The lowest BCUT2D eigenvalue weighted by atomic mass is 9.68. The molecule has 1 aromatic carbocycles. The smallest absolute Gasteiger partial charge is 0.128 e. The van der Waals surface area contributed by atoms with Crippen molar-refractivity contribution >= 4 is 5.97 Å². The number of carbonyl (C=O) groups is 1. The quantitative estimate of drug-likeness (QED) is 0.789. The summed E-state index contributed by atoms with van der Waals surface area (Å²) >= 11 is 0. The van der Waals surface area contributed by atoms with Gasteiger partial charge in [0.05, 0.1) is 18.2 Å². The number of carbonyl (C=O) groups excluding carboxylic acids is 1. The van der Waals surface area contributed by atoms with E-state index in [0.717, 1.165) is 18.4 Å². The van der Waals surface area contributed by atoms with E-state index in [9.17, 15) is 9.90 Å². The number of allylic oxidation sites excluding steroid dienone is 1. The van der Waals surface area contributed by atoms with Crippen LogP contribution in [0.2, 0.25) is 0 Å². The largest absolute Gasteiger partial charge is 0.546 e. The molecule has 0 unspecified atom stereocenters. The Kier molecular flexibility index (Phi) is 4.80. The zero-order valence-electron chi connectivity index (χ0n) is 14.5. The van der Waals surface area contributed by atoms with Crippen LogP contribution in [0.25, 0.3) is 0 Å². The molecule has 0 N–H and O–H groups in total. The maximum absolute atomic E-state index is 10.8. The summed E-state index contributed by atoms with van der Waals surface area (Å²) in [6, 6.07) is 7.70. The van der Waals surface area contributed by atoms with Crippen molar-refractivity contribution in [2.75, 3.05) is 6.61 Å². The number of carboxylic acids is 1. The lowest BCUT2D eigenvalue weighted by Crippen LogP contribution is -2.41. The second kappa shape index (κ2) is 7.20. The number of aliphatic carboxylic acids is 1. The Morgan fingerprint density at radius 2 is 1.92 bits per heavy atom. The van der Waals surface area contributed by atoms with Crippen LogP contribution in [0, 0.1) is 11.8 Å². The first-order chi connectivity index (χ1) is 12.2. The summed E-state index contributed by atoms with van der Waals surface area (Å²) < 4.78 is 12.1. The molecule has 25 heavy (non-hydrogen) atoms. The molecule has 0 aromatic heterocycles.